The highest BCUT2D eigenvalue weighted by molar-refractivity contribution is 7.16. The largest absolute Gasteiger partial charge is 0.508 e. The number of aromatic hydroxyl groups is 1. The number of aromatic nitrogens is 1. The zero-order valence-electron chi connectivity index (χ0n) is 9.93. The molecule has 3 nitrogen and oxygen atoms in total. The Bertz CT molecular complexity index is 706. The van der Waals surface area contributed by atoms with E-state index in [1.165, 1.54) is 6.07 Å². The Balaban J connectivity index is 1.77. The number of phenols is 1. The second-order valence-electron chi connectivity index (χ2n) is 4.21. The van der Waals surface area contributed by atoms with Crippen molar-refractivity contribution in [1.82, 2.24) is 4.98 Å². The van der Waals surface area contributed by atoms with Gasteiger partial charge in [0.15, 0.2) is 0 Å². The van der Waals surface area contributed by atoms with E-state index < -0.39 is 5.82 Å². The number of thiazole rings is 1. The average molecular weight is 274 g/mol. The Labute approximate surface area is 113 Å². The highest BCUT2D eigenvalue weighted by Gasteiger charge is 2.01. The van der Waals surface area contributed by atoms with E-state index in [0.717, 1.165) is 22.0 Å². The van der Waals surface area contributed by atoms with Crippen LogP contribution in [-0.2, 0) is 6.54 Å². The van der Waals surface area contributed by atoms with E-state index in [4.69, 9.17) is 0 Å². The molecule has 2 N–H and O–H groups in total. The van der Waals surface area contributed by atoms with Gasteiger partial charge in [-0.3, -0.25) is 0 Å². The van der Waals surface area contributed by atoms with Crippen molar-refractivity contribution in [3.8, 4) is 5.75 Å². The lowest BCUT2D eigenvalue weighted by atomic mass is 10.2. The minimum atomic E-state index is -0.435. The van der Waals surface area contributed by atoms with Gasteiger partial charge < -0.3 is 10.4 Å². The van der Waals surface area contributed by atoms with Crippen molar-refractivity contribution < 1.29 is 9.50 Å². The van der Waals surface area contributed by atoms with Gasteiger partial charge in [-0.05, 0) is 35.9 Å². The van der Waals surface area contributed by atoms with Gasteiger partial charge in [0, 0.05) is 18.3 Å². The molecule has 1 heterocycles. The van der Waals surface area contributed by atoms with Crippen LogP contribution in [0.3, 0.4) is 0 Å². The summed E-state index contributed by atoms with van der Waals surface area (Å²) in [5.74, 6) is -0.496. The third kappa shape index (κ3) is 2.66. The number of rotatable bonds is 3. The van der Waals surface area contributed by atoms with Gasteiger partial charge in [0.25, 0.3) is 0 Å². The van der Waals surface area contributed by atoms with Crippen LogP contribution < -0.4 is 5.32 Å². The fraction of sp³-hybridized carbons (Fsp3) is 0.0714. The molecule has 96 valence electrons. The highest BCUT2D eigenvalue weighted by Crippen LogP contribution is 2.22. The van der Waals surface area contributed by atoms with Crippen LogP contribution in [0.4, 0.5) is 10.1 Å². The number of anilines is 1. The Morgan fingerprint density at radius 2 is 2.11 bits per heavy atom. The van der Waals surface area contributed by atoms with Gasteiger partial charge in [0.1, 0.15) is 11.6 Å². The predicted octanol–water partition coefficient (Wildman–Crippen LogP) is 3.75. The molecular weight excluding hydrogens is 263 g/mol. The molecule has 0 fully saturated rings. The predicted molar refractivity (Wildman–Crippen MR) is 75.0 cm³/mol. The van der Waals surface area contributed by atoms with E-state index in [-0.39, 0.29) is 5.75 Å². The second-order valence-corrected chi connectivity index (χ2v) is 5.09. The summed E-state index contributed by atoms with van der Waals surface area (Å²) in [6, 6.07) is 9.91. The number of nitrogens with zero attached hydrogens (tertiary/aromatic N) is 1. The molecule has 0 saturated heterocycles. The molecule has 0 aliphatic heterocycles. The van der Waals surface area contributed by atoms with E-state index in [1.807, 2.05) is 18.2 Å². The first-order chi connectivity index (χ1) is 9.20. The normalized spacial score (nSPS) is 10.8. The quantitative estimate of drug-likeness (QED) is 0.764. The first kappa shape index (κ1) is 11.9. The van der Waals surface area contributed by atoms with E-state index in [2.05, 4.69) is 10.3 Å². The first-order valence-electron chi connectivity index (χ1n) is 5.76. The number of phenolic OH excluding ortho intramolecular Hbond substituents is 1. The third-order valence-corrected chi connectivity index (χ3v) is 3.56. The third-order valence-electron chi connectivity index (χ3n) is 2.77. The first-order valence-corrected chi connectivity index (χ1v) is 6.64. The van der Waals surface area contributed by atoms with Crippen molar-refractivity contribution in [2.75, 3.05) is 5.32 Å². The molecule has 0 aliphatic rings. The molecule has 0 atom stereocenters. The summed E-state index contributed by atoms with van der Waals surface area (Å²) >= 11 is 1.58. The summed E-state index contributed by atoms with van der Waals surface area (Å²) in [6.45, 7) is 0.454. The van der Waals surface area contributed by atoms with Crippen molar-refractivity contribution in [1.29, 1.82) is 0 Å². The molecule has 0 unspecified atom stereocenters. The number of halogens is 1. The van der Waals surface area contributed by atoms with Crippen molar-refractivity contribution >= 4 is 27.2 Å². The summed E-state index contributed by atoms with van der Waals surface area (Å²) in [5.41, 5.74) is 4.42. The van der Waals surface area contributed by atoms with Gasteiger partial charge in [0.05, 0.1) is 15.7 Å². The number of fused-ring (bicyclic) bond motifs is 1. The average Bonchev–Trinajstić information content (AvgIpc) is 2.82. The number of hydrogen-bond donors (Lipinski definition) is 2. The lowest BCUT2D eigenvalue weighted by Crippen LogP contribution is -1.99. The summed E-state index contributed by atoms with van der Waals surface area (Å²) in [6.07, 6.45) is 0. The van der Waals surface area contributed by atoms with Crippen LogP contribution in [0.15, 0.2) is 41.9 Å². The Hall–Kier alpha value is -2.14. The highest BCUT2D eigenvalue weighted by atomic mass is 32.1. The molecule has 19 heavy (non-hydrogen) atoms. The van der Waals surface area contributed by atoms with Crippen molar-refractivity contribution in [2.45, 2.75) is 6.54 Å². The zero-order valence-corrected chi connectivity index (χ0v) is 10.7. The second kappa shape index (κ2) is 4.85. The van der Waals surface area contributed by atoms with Crippen LogP contribution in [0.25, 0.3) is 10.2 Å². The molecule has 0 amide bonds. The van der Waals surface area contributed by atoms with Crippen LogP contribution in [0.1, 0.15) is 5.56 Å². The van der Waals surface area contributed by atoms with Gasteiger partial charge >= 0.3 is 0 Å². The van der Waals surface area contributed by atoms with Crippen molar-refractivity contribution in [3.63, 3.8) is 0 Å². The lowest BCUT2D eigenvalue weighted by molar-refractivity contribution is 0.468. The molecule has 3 rings (SSSR count). The van der Waals surface area contributed by atoms with E-state index in [1.54, 1.807) is 22.9 Å². The Kier molecular flexibility index (Phi) is 3.05. The van der Waals surface area contributed by atoms with Crippen LogP contribution in [0, 0.1) is 5.82 Å². The monoisotopic (exact) mass is 274 g/mol. The van der Waals surface area contributed by atoms with Crippen molar-refractivity contribution in [2.24, 2.45) is 0 Å². The Morgan fingerprint density at radius 3 is 2.95 bits per heavy atom. The lowest BCUT2D eigenvalue weighted by Gasteiger charge is -2.07. The minimum absolute atomic E-state index is 0.0605. The van der Waals surface area contributed by atoms with Crippen LogP contribution in [0.2, 0.25) is 0 Å². The molecule has 0 radical (unpaired) electrons. The van der Waals surface area contributed by atoms with Crippen LogP contribution in [0.5, 0.6) is 5.75 Å². The summed E-state index contributed by atoms with van der Waals surface area (Å²) in [4.78, 5) is 4.21. The fourth-order valence-electron chi connectivity index (χ4n) is 1.90. The summed E-state index contributed by atoms with van der Waals surface area (Å²) in [7, 11) is 0. The smallest absolute Gasteiger partial charge is 0.127 e. The molecule has 1 aromatic heterocycles. The topological polar surface area (TPSA) is 45.1 Å². The minimum Gasteiger partial charge on any atom is -0.508 e. The fourth-order valence-corrected chi connectivity index (χ4v) is 2.62. The van der Waals surface area contributed by atoms with Gasteiger partial charge in [-0.1, -0.05) is 0 Å². The maximum absolute atomic E-state index is 13.1. The molecule has 0 saturated carbocycles. The molecule has 0 aliphatic carbocycles. The van der Waals surface area contributed by atoms with Gasteiger partial charge in [-0.15, -0.1) is 11.3 Å². The maximum Gasteiger partial charge on any atom is 0.127 e. The van der Waals surface area contributed by atoms with E-state index in [0.29, 0.717) is 12.1 Å². The summed E-state index contributed by atoms with van der Waals surface area (Å²) in [5, 5.41) is 12.5. The summed E-state index contributed by atoms with van der Waals surface area (Å²) < 4.78 is 14.2. The van der Waals surface area contributed by atoms with Crippen molar-refractivity contribution in [3.05, 3.63) is 53.3 Å². The molecule has 3 aromatic rings. The van der Waals surface area contributed by atoms with Gasteiger partial charge in [-0.2, -0.15) is 0 Å². The van der Waals surface area contributed by atoms with Crippen LogP contribution >= 0.6 is 11.3 Å². The van der Waals surface area contributed by atoms with E-state index >= 15 is 0 Å². The van der Waals surface area contributed by atoms with Crippen LogP contribution in [-0.4, -0.2) is 10.1 Å². The standard InChI is InChI=1S/C14H11FN2OS/c15-10-3-9(4-12(18)5-10)7-16-11-1-2-13-14(6-11)19-8-17-13/h1-6,8,16,18H,7H2. The number of hydrogen-bond acceptors (Lipinski definition) is 4. The molecular formula is C14H11FN2OS. The number of nitrogens with one attached hydrogen (secondary N) is 1. The van der Waals surface area contributed by atoms with E-state index in [9.17, 15) is 9.50 Å². The Morgan fingerprint density at radius 1 is 1.21 bits per heavy atom. The SMILES string of the molecule is Oc1cc(F)cc(CNc2ccc3ncsc3c2)c1. The maximum atomic E-state index is 13.1. The van der Waals surface area contributed by atoms with Gasteiger partial charge in [0.2, 0.25) is 0 Å². The molecule has 2 aromatic carbocycles. The number of benzene rings is 2. The zero-order chi connectivity index (χ0) is 13.2. The molecule has 0 bridgehead atoms. The molecule has 0 spiro atoms. The molecule has 5 heteroatoms. The van der Waals surface area contributed by atoms with Gasteiger partial charge in [-0.25, -0.2) is 9.37 Å².